The fourth-order valence-electron chi connectivity index (χ4n) is 3.94. The van der Waals surface area contributed by atoms with Crippen LogP contribution in [0.3, 0.4) is 0 Å². The first-order chi connectivity index (χ1) is 11.0. The van der Waals surface area contributed by atoms with Gasteiger partial charge in [0.2, 0.25) is 5.91 Å². The zero-order valence-electron chi connectivity index (χ0n) is 13.2. The van der Waals surface area contributed by atoms with Gasteiger partial charge in [-0.1, -0.05) is 25.0 Å². The second kappa shape index (κ2) is 6.56. The van der Waals surface area contributed by atoms with Crippen LogP contribution in [0.4, 0.5) is 8.78 Å². The van der Waals surface area contributed by atoms with Crippen molar-refractivity contribution in [2.75, 3.05) is 13.1 Å². The highest BCUT2D eigenvalue weighted by Gasteiger charge is 2.43. The van der Waals surface area contributed by atoms with Gasteiger partial charge >= 0.3 is 0 Å². The van der Waals surface area contributed by atoms with E-state index in [4.69, 9.17) is 0 Å². The highest BCUT2D eigenvalue weighted by atomic mass is 19.2. The first-order valence-electron chi connectivity index (χ1n) is 8.43. The number of aryl methyl sites for hydroxylation is 1. The van der Waals surface area contributed by atoms with E-state index in [1.54, 1.807) is 4.90 Å². The number of benzene rings is 1. The molecule has 1 aromatic carbocycles. The molecule has 2 fully saturated rings. The van der Waals surface area contributed by atoms with Crippen LogP contribution in [-0.4, -0.2) is 34.6 Å². The summed E-state index contributed by atoms with van der Waals surface area (Å²) in [6, 6.07) is 4.05. The van der Waals surface area contributed by atoms with Crippen molar-refractivity contribution in [1.29, 1.82) is 0 Å². The molecule has 0 aromatic heterocycles. The van der Waals surface area contributed by atoms with Crippen molar-refractivity contribution in [2.24, 2.45) is 5.92 Å². The van der Waals surface area contributed by atoms with Crippen LogP contribution < -0.4 is 0 Å². The van der Waals surface area contributed by atoms with E-state index in [-0.39, 0.29) is 30.2 Å². The van der Waals surface area contributed by atoms with Crippen LogP contribution >= 0.6 is 0 Å². The molecular weight excluding hydrogens is 300 g/mol. The predicted octanol–water partition coefficient (Wildman–Crippen LogP) is 3.05. The molecule has 23 heavy (non-hydrogen) atoms. The fourth-order valence-corrected chi connectivity index (χ4v) is 3.94. The molecule has 5 heteroatoms. The Morgan fingerprint density at radius 1 is 1.30 bits per heavy atom. The molecule has 1 N–H and O–H groups in total. The molecule has 1 saturated heterocycles. The van der Waals surface area contributed by atoms with Crippen molar-refractivity contribution in [3.63, 3.8) is 0 Å². The molecule has 1 aliphatic heterocycles. The molecule has 0 radical (unpaired) electrons. The summed E-state index contributed by atoms with van der Waals surface area (Å²) in [6.45, 7) is 1.14. The van der Waals surface area contributed by atoms with E-state index in [0.717, 1.165) is 31.7 Å². The van der Waals surface area contributed by atoms with Crippen LogP contribution in [0, 0.1) is 17.6 Å². The quantitative estimate of drug-likeness (QED) is 0.929. The maximum Gasteiger partial charge on any atom is 0.222 e. The van der Waals surface area contributed by atoms with Crippen LogP contribution in [0.15, 0.2) is 18.2 Å². The number of piperidine rings is 1. The average Bonchev–Trinajstić information content (AvgIpc) is 2.55. The van der Waals surface area contributed by atoms with E-state index in [1.807, 2.05) is 0 Å². The van der Waals surface area contributed by atoms with E-state index in [1.165, 1.54) is 12.1 Å². The Kier molecular flexibility index (Phi) is 4.67. The molecule has 2 unspecified atom stereocenters. The summed E-state index contributed by atoms with van der Waals surface area (Å²) >= 11 is 0. The number of hydrogen-bond donors (Lipinski definition) is 1. The Bertz CT molecular complexity index is 592. The van der Waals surface area contributed by atoms with Gasteiger partial charge in [0.1, 0.15) is 0 Å². The largest absolute Gasteiger partial charge is 0.389 e. The lowest BCUT2D eigenvalue weighted by Crippen LogP contribution is -2.54. The lowest BCUT2D eigenvalue weighted by molar-refractivity contribution is -0.143. The van der Waals surface area contributed by atoms with Crippen molar-refractivity contribution in [3.8, 4) is 0 Å². The number of likely N-dealkylation sites (tertiary alicyclic amines) is 1. The maximum atomic E-state index is 13.6. The van der Waals surface area contributed by atoms with Crippen LogP contribution in [0.1, 0.15) is 44.1 Å². The summed E-state index contributed by atoms with van der Waals surface area (Å²) in [5.41, 5.74) is -0.367. The van der Waals surface area contributed by atoms with Gasteiger partial charge in [0, 0.05) is 25.4 Å². The Morgan fingerprint density at radius 2 is 2.13 bits per heavy atom. The lowest BCUT2D eigenvalue weighted by atomic mass is 9.71. The molecular formula is C18H23F2NO2. The van der Waals surface area contributed by atoms with E-state index >= 15 is 0 Å². The van der Waals surface area contributed by atoms with Crippen LogP contribution in [-0.2, 0) is 11.2 Å². The zero-order chi connectivity index (χ0) is 16.4. The standard InChI is InChI=1S/C18H23F2NO2/c19-15-6-3-4-13(17(15)20)7-8-16(22)21-11-10-18(23)9-2-1-5-14(18)12-21/h3-4,6,14,23H,1-2,5,7-12H2. The van der Waals surface area contributed by atoms with Crippen molar-refractivity contribution in [2.45, 2.75) is 50.5 Å². The van der Waals surface area contributed by atoms with Gasteiger partial charge in [-0.25, -0.2) is 8.78 Å². The summed E-state index contributed by atoms with van der Waals surface area (Å²) in [7, 11) is 0. The minimum absolute atomic E-state index is 0.0405. The molecule has 3 nitrogen and oxygen atoms in total. The number of hydrogen-bond acceptors (Lipinski definition) is 2. The number of halogens is 2. The third-order valence-corrected chi connectivity index (χ3v) is 5.42. The third-order valence-electron chi connectivity index (χ3n) is 5.42. The molecule has 1 heterocycles. The smallest absolute Gasteiger partial charge is 0.222 e. The van der Waals surface area contributed by atoms with Gasteiger partial charge in [-0.3, -0.25) is 4.79 Å². The molecule has 1 aromatic rings. The zero-order valence-corrected chi connectivity index (χ0v) is 13.2. The fraction of sp³-hybridized carbons (Fsp3) is 0.611. The Labute approximate surface area is 135 Å². The molecule has 126 valence electrons. The molecule has 2 aliphatic rings. The van der Waals surface area contributed by atoms with Crippen molar-refractivity contribution >= 4 is 5.91 Å². The normalized spacial score (nSPS) is 27.6. The summed E-state index contributed by atoms with van der Waals surface area (Å²) in [4.78, 5) is 14.2. The predicted molar refractivity (Wildman–Crippen MR) is 82.8 cm³/mol. The molecule has 3 rings (SSSR count). The molecule has 1 saturated carbocycles. The topological polar surface area (TPSA) is 40.5 Å². The maximum absolute atomic E-state index is 13.6. The second-order valence-electron chi connectivity index (χ2n) is 6.85. The van der Waals surface area contributed by atoms with E-state index < -0.39 is 17.2 Å². The Balaban J connectivity index is 1.58. The van der Waals surface area contributed by atoms with Gasteiger partial charge in [-0.05, 0) is 37.3 Å². The van der Waals surface area contributed by atoms with Gasteiger partial charge in [0.25, 0.3) is 0 Å². The number of fused-ring (bicyclic) bond motifs is 1. The summed E-state index contributed by atoms with van der Waals surface area (Å²) < 4.78 is 26.8. The SMILES string of the molecule is O=C(CCc1cccc(F)c1F)N1CCC2(O)CCCCC2C1. The average molecular weight is 323 g/mol. The summed E-state index contributed by atoms with van der Waals surface area (Å²) in [5.74, 6) is -1.62. The highest BCUT2D eigenvalue weighted by Crippen LogP contribution is 2.39. The number of nitrogens with zero attached hydrogens (tertiary/aromatic N) is 1. The third kappa shape index (κ3) is 3.39. The lowest BCUT2D eigenvalue weighted by Gasteiger charge is -2.47. The van der Waals surface area contributed by atoms with Crippen LogP contribution in [0.5, 0.6) is 0 Å². The van der Waals surface area contributed by atoms with Gasteiger partial charge in [-0.2, -0.15) is 0 Å². The number of aliphatic hydroxyl groups is 1. The number of carbonyl (C=O) groups is 1. The van der Waals surface area contributed by atoms with E-state index in [0.29, 0.717) is 19.5 Å². The first kappa shape index (κ1) is 16.4. The Hall–Kier alpha value is -1.49. The summed E-state index contributed by atoms with van der Waals surface area (Å²) in [5, 5.41) is 10.6. The molecule has 1 aliphatic carbocycles. The van der Waals surface area contributed by atoms with Gasteiger partial charge in [0.15, 0.2) is 11.6 Å². The van der Waals surface area contributed by atoms with Crippen molar-refractivity contribution in [3.05, 3.63) is 35.4 Å². The highest BCUT2D eigenvalue weighted by molar-refractivity contribution is 5.76. The van der Waals surface area contributed by atoms with Gasteiger partial charge in [0.05, 0.1) is 5.60 Å². The first-order valence-corrected chi connectivity index (χ1v) is 8.43. The number of rotatable bonds is 3. The van der Waals surface area contributed by atoms with Crippen LogP contribution in [0.25, 0.3) is 0 Å². The minimum Gasteiger partial charge on any atom is -0.389 e. The molecule has 0 spiro atoms. The number of carbonyl (C=O) groups excluding carboxylic acids is 1. The molecule has 2 atom stereocenters. The minimum atomic E-state index is -0.875. The monoisotopic (exact) mass is 323 g/mol. The van der Waals surface area contributed by atoms with Crippen molar-refractivity contribution in [1.82, 2.24) is 4.90 Å². The van der Waals surface area contributed by atoms with E-state index in [2.05, 4.69) is 0 Å². The van der Waals surface area contributed by atoms with Crippen molar-refractivity contribution < 1.29 is 18.7 Å². The van der Waals surface area contributed by atoms with Crippen LogP contribution in [0.2, 0.25) is 0 Å². The summed E-state index contributed by atoms with van der Waals surface area (Å²) in [6.07, 6.45) is 4.94. The van der Waals surface area contributed by atoms with Gasteiger partial charge in [-0.15, -0.1) is 0 Å². The second-order valence-corrected chi connectivity index (χ2v) is 6.85. The number of amides is 1. The van der Waals surface area contributed by atoms with Gasteiger partial charge < -0.3 is 10.0 Å². The molecule has 0 bridgehead atoms. The van der Waals surface area contributed by atoms with E-state index in [9.17, 15) is 18.7 Å². The molecule has 1 amide bonds. The Morgan fingerprint density at radius 3 is 2.96 bits per heavy atom.